The zero-order valence-electron chi connectivity index (χ0n) is 12.1. The number of carboxylic acid groups (broad SMARTS) is 1. The highest BCUT2D eigenvalue weighted by Gasteiger charge is 2.45. The predicted molar refractivity (Wildman–Crippen MR) is 71.8 cm³/mol. The molecule has 2 bridgehead atoms. The van der Waals surface area contributed by atoms with Crippen molar-refractivity contribution in [1.82, 2.24) is 10.1 Å². The Bertz CT molecular complexity index is 558. The van der Waals surface area contributed by atoms with Gasteiger partial charge in [-0.15, -0.1) is 0 Å². The molecule has 1 saturated carbocycles. The highest BCUT2D eigenvalue weighted by atomic mass is 16.5. The van der Waals surface area contributed by atoms with Crippen LogP contribution < -0.4 is 0 Å². The molecule has 21 heavy (non-hydrogen) atoms. The monoisotopic (exact) mass is 292 g/mol. The number of aliphatic carboxylic acids is 1. The van der Waals surface area contributed by atoms with Crippen LogP contribution in [-0.4, -0.2) is 33.4 Å². The molecule has 2 saturated heterocycles. The van der Waals surface area contributed by atoms with Gasteiger partial charge in [0.15, 0.2) is 5.82 Å². The van der Waals surface area contributed by atoms with Gasteiger partial charge in [-0.25, -0.2) is 0 Å². The average molecular weight is 292 g/mol. The van der Waals surface area contributed by atoms with Gasteiger partial charge >= 0.3 is 5.97 Å². The van der Waals surface area contributed by atoms with Gasteiger partial charge < -0.3 is 14.4 Å². The van der Waals surface area contributed by atoms with Crippen LogP contribution in [-0.2, 0) is 9.53 Å². The summed E-state index contributed by atoms with van der Waals surface area (Å²) in [5.41, 5.74) is 0. The van der Waals surface area contributed by atoms with Crippen LogP contribution in [0.4, 0.5) is 0 Å². The Kier molecular flexibility index (Phi) is 3.03. The first-order chi connectivity index (χ1) is 10.1. The number of carboxylic acids is 1. The normalized spacial score (nSPS) is 41.8. The molecule has 4 rings (SSSR count). The molecule has 1 aromatic rings. The molecular formula is C15H20N2O4. The third kappa shape index (κ3) is 2.16. The molecule has 1 N–H and O–H groups in total. The number of hydrogen-bond acceptors (Lipinski definition) is 5. The minimum absolute atomic E-state index is 0.141. The fourth-order valence-corrected chi connectivity index (χ4v) is 4.30. The molecule has 0 amide bonds. The number of hydrogen-bond donors (Lipinski definition) is 1. The first-order valence-electron chi connectivity index (χ1n) is 7.83. The van der Waals surface area contributed by atoms with Crippen LogP contribution in [0.1, 0.15) is 62.6 Å². The second-order valence-corrected chi connectivity index (χ2v) is 6.83. The van der Waals surface area contributed by atoms with E-state index in [4.69, 9.17) is 9.26 Å². The Morgan fingerprint density at radius 3 is 2.76 bits per heavy atom. The van der Waals surface area contributed by atoms with Crippen LogP contribution in [0.3, 0.4) is 0 Å². The van der Waals surface area contributed by atoms with Gasteiger partial charge in [-0.05, 0) is 38.0 Å². The van der Waals surface area contributed by atoms with Crippen LogP contribution in [0.5, 0.6) is 0 Å². The van der Waals surface area contributed by atoms with Gasteiger partial charge in [-0.3, -0.25) is 4.79 Å². The van der Waals surface area contributed by atoms with Gasteiger partial charge in [0.1, 0.15) is 0 Å². The molecule has 6 heteroatoms. The van der Waals surface area contributed by atoms with Gasteiger partial charge in [0.25, 0.3) is 0 Å². The maximum atomic E-state index is 11.4. The van der Waals surface area contributed by atoms with Crippen molar-refractivity contribution in [3.8, 4) is 0 Å². The van der Waals surface area contributed by atoms with Gasteiger partial charge in [-0.2, -0.15) is 4.98 Å². The molecule has 6 nitrogen and oxygen atoms in total. The molecule has 1 aromatic heterocycles. The Morgan fingerprint density at radius 2 is 2.10 bits per heavy atom. The highest BCUT2D eigenvalue weighted by molar-refractivity contribution is 5.71. The molecular weight excluding hydrogens is 272 g/mol. The van der Waals surface area contributed by atoms with Crippen molar-refractivity contribution < 1.29 is 19.2 Å². The minimum atomic E-state index is -0.757. The van der Waals surface area contributed by atoms with Crippen molar-refractivity contribution in [2.45, 2.75) is 63.1 Å². The Morgan fingerprint density at radius 1 is 1.24 bits per heavy atom. The van der Waals surface area contributed by atoms with E-state index in [1.54, 1.807) is 0 Å². The lowest BCUT2D eigenvalue weighted by Gasteiger charge is -2.14. The molecule has 3 aliphatic rings. The number of aromatic nitrogens is 2. The molecule has 2 aliphatic heterocycles. The highest BCUT2D eigenvalue weighted by Crippen LogP contribution is 2.45. The third-order valence-electron chi connectivity index (χ3n) is 5.33. The van der Waals surface area contributed by atoms with Crippen LogP contribution in [0, 0.1) is 11.8 Å². The standard InChI is InChI=1S/C15H20N2O4/c1-7-4-9(10(5-7)15(18)19)14-16-13(17-21-14)11-6-8-2-3-12(11)20-8/h7-12H,2-6H2,1H3,(H,18,19). The average Bonchev–Trinajstić information content (AvgIpc) is 3.20. The van der Waals surface area contributed by atoms with E-state index in [1.165, 1.54) is 0 Å². The van der Waals surface area contributed by atoms with E-state index in [9.17, 15) is 9.90 Å². The van der Waals surface area contributed by atoms with Gasteiger partial charge in [0.2, 0.25) is 5.89 Å². The number of fused-ring (bicyclic) bond motifs is 2. The number of ether oxygens (including phenoxy) is 1. The summed E-state index contributed by atoms with van der Waals surface area (Å²) in [5.74, 6) is 0.529. The lowest BCUT2D eigenvalue weighted by Crippen LogP contribution is -2.18. The van der Waals surface area contributed by atoms with Crippen LogP contribution in [0.2, 0.25) is 0 Å². The SMILES string of the molecule is CC1CC(C(=O)O)C(c2nc(C3CC4CCC3O4)no2)C1. The smallest absolute Gasteiger partial charge is 0.307 e. The van der Waals surface area contributed by atoms with E-state index in [0.717, 1.165) is 25.7 Å². The first-order valence-corrected chi connectivity index (χ1v) is 7.83. The second-order valence-electron chi connectivity index (χ2n) is 6.83. The quantitative estimate of drug-likeness (QED) is 0.920. The number of rotatable bonds is 3. The zero-order valence-corrected chi connectivity index (χ0v) is 12.1. The van der Waals surface area contributed by atoms with Gasteiger partial charge in [0.05, 0.1) is 30.0 Å². The molecule has 1 aliphatic carbocycles. The summed E-state index contributed by atoms with van der Waals surface area (Å²) < 4.78 is 11.3. The topological polar surface area (TPSA) is 85.5 Å². The Labute approximate surface area is 122 Å². The zero-order chi connectivity index (χ0) is 14.6. The van der Waals surface area contributed by atoms with E-state index < -0.39 is 11.9 Å². The van der Waals surface area contributed by atoms with Crippen LogP contribution in [0.25, 0.3) is 0 Å². The van der Waals surface area contributed by atoms with E-state index in [2.05, 4.69) is 17.1 Å². The van der Waals surface area contributed by atoms with Crippen molar-refractivity contribution in [3.05, 3.63) is 11.7 Å². The van der Waals surface area contributed by atoms with E-state index >= 15 is 0 Å². The molecule has 114 valence electrons. The van der Waals surface area contributed by atoms with Gasteiger partial charge in [0, 0.05) is 0 Å². The summed E-state index contributed by atoms with van der Waals surface area (Å²) in [6.07, 6.45) is 5.23. The molecule has 0 spiro atoms. The molecule has 6 unspecified atom stereocenters. The van der Waals surface area contributed by atoms with E-state index in [1.807, 2.05) is 0 Å². The molecule has 3 heterocycles. The molecule has 0 radical (unpaired) electrons. The van der Waals surface area contributed by atoms with E-state index in [0.29, 0.717) is 30.2 Å². The van der Waals surface area contributed by atoms with Crippen LogP contribution in [0.15, 0.2) is 4.52 Å². The van der Waals surface area contributed by atoms with Crippen molar-refractivity contribution in [1.29, 1.82) is 0 Å². The Hall–Kier alpha value is -1.43. The van der Waals surface area contributed by atoms with E-state index in [-0.39, 0.29) is 17.9 Å². The Balaban J connectivity index is 1.55. The maximum absolute atomic E-state index is 11.4. The maximum Gasteiger partial charge on any atom is 0.307 e. The van der Waals surface area contributed by atoms with Crippen LogP contribution >= 0.6 is 0 Å². The fourth-order valence-electron chi connectivity index (χ4n) is 4.30. The van der Waals surface area contributed by atoms with Gasteiger partial charge in [-0.1, -0.05) is 12.1 Å². The van der Waals surface area contributed by atoms with Crippen molar-refractivity contribution in [2.75, 3.05) is 0 Å². The summed E-state index contributed by atoms with van der Waals surface area (Å²) in [6.45, 7) is 2.08. The lowest BCUT2D eigenvalue weighted by molar-refractivity contribution is -0.142. The lowest BCUT2D eigenvalue weighted by atomic mass is 9.89. The fraction of sp³-hybridized carbons (Fsp3) is 0.800. The van der Waals surface area contributed by atoms with Crippen molar-refractivity contribution >= 4 is 5.97 Å². The second kappa shape index (κ2) is 4.80. The molecule has 6 atom stereocenters. The van der Waals surface area contributed by atoms with Crippen molar-refractivity contribution in [2.24, 2.45) is 11.8 Å². The molecule has 0 aromatic carbocycles. The number of nitrogens with zero attached hydrogens (tertiary/aromatic N) is 2. The third-order valence-corrected chi connectivity index (χ3v) is 5.33. The minimum Gasteiger partial charge on any atom is -0.481 e. The largest absolute Gasteiger partial charge is 0.481 e. The molecule has 3 fully saturated rings. The van der Waals surface area contributed by atoms with Crippen molar-refractivity contribution in [3.63, 3.8) is 0 Å². The summed E-state index contributed by atoms with van der Waals surface area (Å²) in [5, 5.41) is 13.5. The predicted octanol–water partition coefficient (Wildman–Crippen LogP) is 2.32. The summed E-state index contributed by atoms with van der Waals surface area (Å²) in [7, 11) is 0. The first kappa shape index (κ1) is 13.2. The number of carbonyl (C=O) groups is 1. The summed E-state index contributed by atoms with van der Waals surface area (Å²) >= 11 is 0. The summed E-state index contributed by atoms with van der Waals surface area (Å²) in [6, 6.07) is 0. The summed E-state index contributed by atoms with van der Waals surface area (Å²) in [4.78, 5) is 15.9.